The molecule has 0 radical (unpaired) electrons. The van der Waals surface area contributed by atoms with E-state index in [0.717, 1.165) is 11.8 Å². The molecule has 1 aliphatic rings. The summed E-state index contributed by atoms with van der Waals surface area (Å²) in [5.74, 6) is -2.86. The van der Waals surface area contributed by atoms with Crippen molar-refractivity contribution in [2.45, 2.75) is 25.6 Å². The highest BCUT2D eigenvalue weighted by atomic mass is 19.1. The van der Waals surface area contributed by atoms with Gasteiger partial charge in [0.05, 0.1) is 12.7 Å². The zero-order valence-corrected chi connectivity index (χ0v) is 15.9. The molecule has 2 aromatic heterocycles. The van der Waals surface area contributed by atoms with E-state index in [0.29, 0.717) is 4.90 Å². The molecule has 3 heterocycles. The quantitative estimate of drug-likeness (QED) is 0.708. The maximum Gasteiger partial charge on any atom is 0.275 e. The number of likely N-dealkylation sites (N-methyl/N-ethyl adjacent to an activating group) is 1. The molecule has 1 N–H and O–H groups in total. The second kappa shape index (κ2) is 7.94. The largest absolute Gasteiger partial charge is 0.470 e. The third kappa shape index (κ3) is 3.73. The number of nitrogens with zero attached hydrogens (tertiary/aromatic N) is 4. The minimum atomic E-state index is -2.87. The monoisotopic (exact) mass is 412 g/mol. The van der Waals surface area contributed by atoms with E-state index in [4.69, 9.17) is 8.85 Å². The SMILES string of the molecule is [2H]C([2H])([2H])N1C(=O)[C@@H](NC(=O)c2nn(Cc3ccccc3)cc2F)[C@@H](C)Oc2ncccc21. The highest BCUT2D eigenvalue weighted by molar-refractivity contribution is 6.02. The number of anilines is 1. The Morgan fingerprint density at radius 2 is 2.10 bits per heavy atom. The van der Waals surface area contributed by atoms with E-state index in [1.54, 1.807) is 0 Å². The molecule has 2 amide bonds. The second-order valence-corrected chi connectivity index (χ2v) is 6.78. The summed E-state index contributed by atoms with van der Waals surface area (Å²) in [4.78, 5) is 30.6. The molecule has 0 spiro atoms. The van der Waals surface area contributed by atoms with Crippen LogP contribution in [0.2, 0.25) is 0 Å². The molecule has 0 aliphatic carbocycles. The van der Waals surface area contributed by atoms with Crippen molar-refractivity contribution in [2.24, 2.45) is 0 Å². The average molecular weight is 412 g/mol. The Bertz CT molecular complexity index is 1190. The number of hydrogen-bond acceptors (Lipinski definition) is 5. The highest BCUT2D eigenvalue weighted by Crippen LogP contribution is 2.29. The van der Waals surface area contributed by atoms with Crippen LogP contribution in [0.1, 0.15) is 27.1 Å². The molecule has 1 aromatic carbocycles. The standard InChI is InChI=1S/C21H20FN5O3/c1-13-17(21(29)26(2)16-9-6-10-23-20(16)30-13)24-19(28)18-15(22)12-27(25-18)11-14-7-4-3-5-8-14/h3-10,12-13,17H,11H2,1-2H3,(H,24,28)/t13-,17+/m1/s1/i2D3. The highest BCUT2D eigenvalue weighted by Gasteiger charge is 2.37. The second-order valence-electron chi connectivity index (χ2n) is 6.78. The predicted octanol–water partition coefficient (Wildman–Crippen LogP) is 2.01. The molecule has 0 unspecified atom stereocenters. The van der Waals surface area contributed by atoms with Gasteiger partial charge in [0.2, 0.25) is 5.88 Å². The molecular weight excluding hydrogens is 389 g/mol. The molecule has 1 aliphatic heterocycles. The van der Waals surface area contributed by atoms with Crippen LogP contribution in [-0.2, 0) is 11.3 Å². The summed E-state index contributed by atoms with van der Waals surface area (Å²) in [6, 6.07) is 10.6. The number of carbonyl (C=O) groups is 2. The fourth-order valence-corrected chi connectivity index (χ4v) is 3.14. The Hall–Kier alpha value is -3.75. The van der Waals surface area contributed by atoms with E-state index in [9.17, 15) is 14.0 Å². The number of nitrogens with one attached hydrogen (secondary N) is 1. The number of amides is 2. The molecule has 0 saturated heterocycles. The van der Waals surface area contributed by atoms with Gasteiger partial charge in [0.15, 0.2) is 11.5 Å². The van der Waals surface area contributed by atoms with Crippen LogP contribution in [-0.4, -0.2) is 45.7 Å². The average Bonchev–Trinajstić information content (AvgIpc) is 3.07. The van der Waals surface area contributed by atoms with Crippen molar-refractivity contribution in [2.75, 3.05) is 11.9 Å². The number of pyridine rings is 1. The maximum absolute atomic E-state index is 14.5. The van der Waals surface area contributed by atoms with Crippen molar-refractivity contribution < 1.29 is 22.8 Å². The first kappa shape index (κ1) is 16.1. The summed E-state index contributed by atoms with van der Waals surface area (Å²) in [6.45, 7) is -1.15. The van der Waals surface area contributed by atoms with Gasteiger partial charge in [0.25, 0.3) is 11.8 Å². The van der Waals surface area contributed by atoms with Gasteiger partial charge in [-0.1, -0.05) is 30.3 Å². The zero-order chi connectivity index (χ0) is 23.8. The third-order valence-corrected chi connectivity index (χ3v) is 4.65. The lowest BCUT2D eigenvalue weighted by Crippen LogP contribution is -2.53. The molecular formula is C21H20FN5O3. The summed E-state index contributed by atoms with van der Waals surface area (Å²) in [7, 11) is 0. The van der Waals surface area contributed by atoms with Crippen LogP contribution in [0, 0.1) is 5.82 Å². The van der Waals surface area contributed by atoms with Crippen LogP contribution in [0.25, 0.3) is 0 Å². The lowest BCUT2D eigenvalue weighted by atomic mass is 10.1. The van der Waals surface area contributed by atoms with E-state index in [1.807, 2.05) is 30.3 Å². The zero-order valence-electron chi connectivity index (χ0n) is 18.9. The van der Waals surface area contributed by atoms with Gasteiger partial charge in [-0.25, -0.2) is 9.37 Å². The molecule has 4 rings (SSSR count). The van der Waals surface area contributed by atoms with Crippen LogP contribution in [0.15, 0.2) is 54.9 Å². The van der Waals surface area contributed by atoms with Crippen molar-refractivity contribution in [1.29, 1.82) is 0 Å². The van der Waals surface area contributed by atoms with Crippen molar-refractivity contribution >= 4 is 17.5 Å². The van der Waals surface area contributed by atoms with Crippen molar-refractivity contribution in [1.82, 2.24) is 20.1 Å². The third-order valence-electron chi connectivity index (χ3n) is 4.65. The summed E-state index contributed by atoms with van der Waals surface area (Å²) in [6.07, 6.45) is 1.48. The minimum Gasteiger partial charge on any atom is -0.470 e. The van der Waals surface area contributed by atoms with Gasteiger partial charge in [-0.3, -0.25) is 14.3 Å². The molecule has 8 nitrogen and oxygen atoms in total. The predicted molar refractivity (Wildman–Crippen MR) is 107 cm³/mol. The van der Waals surface area contributed by atoms with Gasteiger partial charge in [0.1, 0.15) is 17.8 Å². The molecule has 0 bridgehead atoms. The summed E-state index contributed by atoms with van der Waals surface area (Å²) >= 11 is 0. The summed E-state index contributed by atoms with van der Waals surface area (Å²) in [5.41, 5.74) is 0.280. The van der Waals surface area contributed by atoms with E-state index in [1.165, 1.54) is 29.9 Å². The number of benzene rings is 1. The van der Waals surface area contributed by atoms with Crippen LogP contribution in [0.5, 0.6) is 5.88 Å². The maximum atomic E-state index is 14.5. The van der Waals surface area contributed by atoms with Gasteiger partial charge < -0.3 is 15.0 Å². The van der Waals surface area contributed by atoms with E-state index < -0.39 is 42.4 Å². The number of carbonyl (C=O) groups excluding carboxylic acids is 2. The van der Waals surface area contributed by atoms with E-state index >= 15 is 0 Å². The first-order valence-electron chi connectivity index (χ1n) is 10.7. The van der Waals surface area contributed by atoms with E-state index in [-0.39, 0.29) is 18.1 Å². The number of aromatic nitrogens is 3. The molecule has 0 fully saturated rings. The molecule has 30 heavy (non-hydrogen) atoms. The number of rotatable bonds is 4. The number of fused-ring (bicyclic) bond motifs is 1. The lowest BCUT2D eigenvalue weighted by Gasteiger charge is -2.23. The molecule has 9 heteroatoms. The first-order valence-corrected chi connectivity index (χ1v) is 9.18. The van der Waals surface area contributed by atoms with Gasteiger partial charge in [0, 0.05) is 17.3 Å². The van der Waals surface area contributed by atoms with Gasteiger partial charge in [-0.15, -0.1) is 0 Å². The van der Waals surface area contributed by atoms with Crippen molar-refractivity contribution in [3.05, 3.63) is 71.9 Å². The first-order chi connectivity index (χ1) is 15.6. The fraction of sp³-hybridized carbons (Fsp3) is 0.238. The topological polar surface area (TPSA) is 89.4 Å². The normalized spacial score (nSPS) is 20.3. The van der Waals surface area contributed by atoms with Gasteiger partial charge in [-0.2, -0.15) is 5.10 Å². The Labute approximate surface area is 176 Å². The van der Waals surface area contributed by atoms with Crippen LogP contribution < -0.4 is 15.0 Å². The van der Waals surface area contributed by atoms with Crippen LogP contribution in [0.3, 0.4) is 0 Å². The van der Waals surface area contributed by atoms with Crippen molar-refractivity contribution in [3.63, 3.8) is 0 Å². The molecule has 0 saturated carbocycles. The minimum absolute atomic E-state index is 0.0515. The smallest absolute Gasteiger partial charge is 0.275 e. The summed E-state index contributed by atoms with van der Waals surface area (Å²) < 4.78 is 44.8. The molecule has 3 aromatic rings. The van der Waals surface area contributed by atoms with Crippen LogP contribution in [0.4, 0.5) is 10.1 Å². The number of hydrogen-bond donors (Lipinski definition) is 1. The van der Waals surface area contributed by atoms with Gasteiger partial charge >= 0.3 is 0 Å². The van der Waals surface area contributed by atoms with Crippen molar-refractivity contribution in [3.8, 4) is 5.88 Å². The molecule has 2 atom stereocenters. The fourth-order valence-electron chi connectivity index (χ4n) is 3.14. The Kier molecular flexibility index (Phi) is 4.26. The Morgan fingerprint density at radius 1 is 1.30 bits per heavy atom. The van der Waals surface area contributed by atoms with Crippen LogP contribution >= 0.6 is 0 Å². The summed E-state index contributed by atoms with van der Waals surface area (Å²) in [5, 5.41) is 6.37. The number of ether oxygens (including phenoxy) is 1. The van der Waals surface area contributed by atoms with E-state index in [2.05, 4.69) is 15.4 Å². The van der Waals surface area contributed by atoms with Gasteiger partial charge in [-0.05, 0) is 24.6 Å². The Morgan fingerprint density at radius 3 is 2.87 bits per heavy atom. The Balaban J connectivity index is 1.59. The number of halogens is 1. The lowest BCUT2D eigenvalue weighted by molar-refractivity contribution is -0.121. The molecule has 154 valence electrons.